The Morgan fingerprint density at radius 1 is 1.12 bits per heavy atom. The zero-order chi connectivity index (χ0) is 31.5. The number of aromatic amines is 1. The highest BCUT2D eigenvalue weighted by Crippen LogP contribution is 2.39. The first-order chi connectivity index (χ1) is 20.3. The van der Waals surface area contributed by atoms with Gasteiger partial charge in [0, 0.05) is 43.4 Å². The van der Waals surface area contributed by atoms with Gasteiger partial charge in [0.1, 0.15) is 18.1 Å². The van der Waals surface area contributed by atoms with E-state index in [0.29, 0.717) is 47.8 Å². The highest BCUT2D eigenvalue weighted by Gasteiger charge is 2.46. The fraction of sp³-hybridized carbons (Fsp3) is 0.533. The number of nitrogens with one attached hydrogen (secondary N) is 1. The molecule has 1 aliphatic rings. The largest absolute Gasteiger partial charge is 0.473 e. The maximum absolute atomic E-state index is 14.4. The number of carbonyl (C=O) groups excluding carboxylic acids is 1. The van der Waals surface area contributed by atoms with E-state index in [1.165, 1.54) is 4.90 Å². The number of carboxylic acid groups (broad SMARTS) is 1. The van der Waals surface area contributed by atoms with Gasteiger partial charge in [-0.25, -0.2) is 9.78 Å². The van der Waals surface area contributed by atoms with Crippen LogP contribution in [0.2, 0.25) is 5.02 Å². The molecule has 2 amide bonds. The molecule has 1 aliphatic heterocycles. The summed E-state index contributed by atoms with van der Waals surface area (Å²) in [6.45, 7) is 10.8. The van der Waals surface area contributed by atoms with Crippen molar-refractivity contribution in [2.24, 2.45) is 5.41 Å². The number of piperazine rings is 1. The number of amides is 2. The SMILES string of the molecule is CC(C)N(C(=O)O)C([C@@H](C(=O)N1CCN(c2ccnc3[nH]nc(OCC(O)CO)c23)CC1)c1ccc(Cl)cc1)C(C)(C)C. The van der Waals surface area contributed by atoms with Gasteiger partial charge in [0.2, 0.25) is 11.8 Å². The third kappa shape index (κ3) is 7.14. The van der Waals surface area contributed by atoms with Crippen LogP contribution in [-0.2, 0) is 4.79 Å². The Bertz CT molecular complexity index is 1400. The van der Waals surface area contributed by atoms with E-state index in [4.69, 9.17) is 21.4 Å². The number of carbonyl (C=O) groups is 2. The summed E-state index contributed by atoms with van der Waals surface area (Å²) in [6, 6.07) is 7.94. The summed E-state index contributed by atoms with van der Waals surface area (Å²) >= 11 is 6.19. The third-order valence-corrected chi connectivity index (χ3v) is 7.99. The summed E-state index contributed by atoms with van der Waals surface area (Å²) in [5.74, 6) is -0.622. The van der Waals surface area contributed by atoms with Crippen molar-refractivity contribution in [2.75, 3.05) is 44.3 Å². The molecule has 13 heteroatoms. The van der Waals surface area contributed by atoms with Gasteiger partial charge < -0.3 is 34.8 Å². The van der Waals surface area contributed by atoms with Gasteiger partial charge in [-0.05, 0) is 43.0 Å². The van der Waals surface area contributed by atoms with Gasteiger partial charge in [0.15, 0.2) is 5.65 Å². The molecule has 0 radical (unpaired) electrons. The maximum atomic E-state index is 14.4. The Kier molecular flexibility index (Phi) is 10.0. The molecule has 0 aliphatic carbocycles. The van der Waals surface area contributed by atoms with Crippen molar-refractivity contribution >= 4 is 40.3 Å². The van der Waals surface area contributed by atoms with Crippen LogP contribution < -0.4 is 9.64 Å². The molecule has 3 heterocycles. The number of halogens is 1. The van der Waals surface area contributed by atoms with Gasteiger partial charge in [-0.15, -0.1) is 5.10 Å². The molecule has 1 fully saturated rings. The molecule has 0 spiro atoms. The lowest BCUT2D eigenvalue weighted by Gasteiger charge is -2.46. The van der Waals surface area contributed by atoms with Gasteiger partial charge >= 0.3 is 6.09 Å². The number of ether oxygens (including phenoxy) is 1. The van der Waals surface area contributed by atoms with Crippen LogP contribution in [0, 0.1) is 5.41 Å². The Morgan fingerprint density at radius 3 is 2.33 bits per heavy atom. The van der Waals surface area contributed by atoms with Crippen LogP contribution in [0.4, 0.5) is 10.5 Å². The first-order valence-corrected chi connectivity index (χ1v) is 14.8. The standard InChI is InChI=1S/C30H41ClN6O6/c1-18(2)37(29(41)42)25(30(3,4)5)23(19-6-8-20(31)9-7-19)28(40)36-14-12-35(13-15-36)22-10-11-32-26-24(22)27(34-33-26)43-17-21(39)16-38/h6-11,18,21,23,25,38-39H,12-17H2,1-5H3,(H,41,42)(H,32,33,34)/t21?,23-,25?/m0/s1. The van der Waals surface area contributed by atoms with Gasteiger partial charge in [-0.2, -0.15) is 0 Å². The molecule has 1 saturated heterocycles. The number of hydrogen-bond donors (Lipinski definition) is 4. The van der Waals surface area contributed by atoms with Crippen molar-refractivity contribution in [1.29, 1.82) is 0 Å². The van der Waals surface area contributed by atoms with E-state index in [1.54, 1.807) is 23.2 Å². The molecule has 12 nitrogen and oxygen atoms in total. The lowest BCUT2D eigenvalue weighted by molar-refractivity contribution is -0.136. The second-order valence-corrected chi connectivity index (χ2v) is 12.6. The number of rotatable bonds is 10. The van der Waals surface area contributed by atoms with Crippen LogP contribution in [0.15, 0.2) is 36.5 Å². The van der Waals surface area contributed by atoms with E-state index in [9.17, 15) is 19.8 Å². The molecular formula is C30H41ClN6O6. The average Bonchev–Trinajstić information content (AvgIpc) is 3.39. The van der Waals surface area contributed by atoms with Crippen LogP contribution in [-0.4, -0.2) is 110 Å². The molecule has 1 aromatic carbocycles. The summed E-state index contributed by atoms with van der Waals surface area (Å²) in [5, 5.41) is 37.4. The van der Waals surface area contributed by atoms with Gasteiger partial charge in [0.05, 0.1) is 24.3 Å². The Morgan fingerprint density at radius 2 is 1.77 bits per heavy atom. The highest BCUT2D eigenvalue weighted by atomic mass is 35.5. The second kappa shape index (κ2) is 13.4. The van der Waals surface area contributed by atoms with Crippen molar-refractivity contribution in [3.05, 3.63) is 47.1 Å². The first kappa shape index (κ1) is 32.3. The molecule has 2 aromatic heterocycles. The van der Waals surface area contributed by atoms with E-state index >= 15 is 0 Å². The van der Waals surface area contributed by atoms with Gasteiger partial charge in [-0.3, -0.25) is 9.89 Å². The van der Waals surface area contributed by atoms with E-state index in [0.717, 1.165) is 5.69 Å². The predicted molar refractivity (Wildman–Crippen MR) is 164 cm³/mol. The van der Waals surface area contributed by atoms with Gasteiger partial charge in [0.25, 0.3) is 0 Å². The number of H-pyrrole nitrogens is 1. The average molecular weight is 617 g/mol. The number of aliphatic hydroxyl groups is 2. The Labute approximate surface area is 256 Å². The topological polar surface area (TPSA) is 155 Å². The molecule has 3 aromatic rings. The van der Waals surface area contributed by atoms with E-state index in [-0.39, 0.29) is 24.4 Å². The maximum Gasteiger partial charge on any atom is 0.407 e. The molecule has 4 rings (SSSR count). The predicted octanol–water partition coefficient (Wildman–Crippen LogP) is 3.58. The highest BCUT2D eigenvalue weighted by molar-refractivity contribution is 6.30. The van der Waals surface area contributed by atoms with Crippen molar-refractivity contribution in [2.45, 2.75) is 58.7 Å². The van der Waals surface area contributed by atoms with Crippen LogP contribution >= 0.6 is 11.6 Å². The summed E-state index contributed by atoms with van der Waals surface area (Å²) < 4.78 is 5.67. The number of pyridine rings is 1. The Hall–Kier alpha value is -3.61. The third-order valence-electron chi connectivity index (χ3n) is 7.74. The van der Waals surface area contributed by atoms with Crippen LogP contribution in [0.1, 0.15) is 46.1 Å². The monoisotopic (exact) mass is 616 g/mol. The molecule has 234 valence electrons. The minimum absolute atomic E-state index is 0.127. The summed E-state index contributed by atoms with van der Waals surface area (Å²) in [7, 11) is 0. The smallest absolute Gasteiger partial charge is 0.407 e. The Balaban J connectivity index is 1.62. The van der Waals surface area contributed by atoms with Crippen molar-refractivity contribution in [3.63, 3.8) is 0 Å². The summed E-state index contributed by atoms with van der Waals surface area (Å²) in [5.41, 5.74) is 1.49. The number of benzene rings is 1. The molecular weight excluding hydrogens is 576 g/mol. The summed E-state index contributed by atoms with van der Waals surface area (Å²) in [6.07, 6.45) is -0.450. The van der Waals surface area contributed by atoms with Crippen LogP contribution in [0.5, 0.6) is 5.88 Å². The van der Waals surface area contributed by atoms with Crippen molar-refractivity contribution in [1.82, 2.24) is 25.0 Å². The number of hydrogen-bond acceptors (Lipinski definition) is 8. The van der Waals surface area contributed by atoms with Crippen molar-refractivity contribution in [3.8, 4) is 5.88 Å². The number of nitrogens with zero attached hydrogens (tertiary/aromatic N) is 5. The lowest BCUT2D eigenvalue weighted by Crippen LogP contribution is -2.58. The molecule has 0 bridgehead atoms. The summed E-state index contributed by atoms with van der Waals surface area (Å²) in [4.78, 5) is 36.6. The molecule has 0 saturated carbocycles. The minimum Gasteiger partial charge on any atom is -0.473 e. The molecule has 4 N–H and O–H groups in total. The van der Waals surface area contributed by atoms with Gasteiger partial charge in [-0.1, -0.05) is 44.5 Å². The zero-order valence-corrected chi connectivity index (χ0v) is 26.0. The molecule has 2 unspecified atom stereocenters. The molecule has 43 heavy (non-hydrogen) atoms. The van der Waals surface area contributed by atoms with E-state index in [2.05, 4.69) is 20.1 Å². The van der Waals surface area contributed by atoms with Crippen LogP contribution in [0.25, 0.3) is 11.0 Å². The fourth-order valence-electron chi connectivity index (χ4n) is 5.74. The zero-order valence-electron chi connectivity index (χ0n) is 25.2. The quantitative estimate of drug-likeness (QED) is 0.267. The van der Waals surface area contributed by atoms with E-state index in [1.807, 2.05) is 52.8 Å². The van der Waals surface area contributed by atoms with Crippen molar-refractivity contribution < 1.29 is 29.6 Å². The fourth-order valence-corrected chi connectivity index (χ4v) is 5.86. The number of aromatic nitrogens is 3. The number of fused-ring (bicyclic) bond motifs is 1. The lowest BCUT2D eigenvalue weighted by atomic mass is 9.74. The van der Waals surface area contributed by atoms with Crippen LogP contribution in [0.3, 0.4) is 0 Å². The minimum atomic E-state index is -1.07. The number of anilines is 1. The second-order valence-electron chi connectivity index (χ2n) is 12.2. The van der Waals surface area contributed by atoms with E-state index < -0.39 is 36.2 Å². The molecule has 3 atom stereocenters. The normalized spacial score (nSPS) is 16.3. The first-order valence-electron chi connectivity index (χ1n) is 14.4. The number of aliphatic hydroxyl groups excluding tert-OH is 2.